The van der Waals surface area contributed by atoms with Gasteiger partial charge in [-0.1, -0.05) is 13.3 Å². The van der Waals surface area contributed by atoms with Crippen LogP contribution in [-0.4, -0.2) is 40.6 Å². The lowest BCUT2D eigenvalue weighted by molar-refractivity contribution is -0.119. The molecule has 0 bridgehead atoms. The highest BCUT2D eigenvalue weighted by Gasteiger charge is 2.20. The van der Waals surface area contributed by atoms with Crippen LogP contribution in [0, 0.1) is 12.8 Å². The first kappa shape index (κ1) is 22.8. The normalized spacial score (nSPS) is 14.5. The molecular formula is C25H32N6O2. The molecule has 0 unspecified atom stereocenters. The molecule has 3 aromatic rings. The molecule has 2 N–H and O–H groups in total. The molecule has 3 heterocycles. The monoisotopic (exact) mass is 448 g/mol. The zero-order valence-corrected chi connectivity index (χ0v) is 19.8. The molecule has 4 rings (SSSR count). The van der Waals surface area contributed by atoms with Gasteiger partial charge < -0.3 is 20.1 Å². The van der Waals surface area contributed by atoms with Crippen molar-refractivity contribution in [1.29, 1.82) is 0 Å². The fourth-order valence-electron chi connectivity index (χ4n) is 4.41. The Morgan fingerprint density at radius 3 is 2.67 bits per heavy atom. The summed E-state index contributed by atoms with van der Waals surface area (Å²) in [5, 5.41) is 6.89. The van der Waals surface area contributed by atoms with Crippen LogP contribution in [0.4, 0.5) is 17.5 Å². The fraction of sp³-hybridized carbons (Fsp3) is 0.440. The lowest BCUT2D eigenvalue weighted by Crippen LogP contribution is -2.34. The van der Waals surface area contributed by atoms with Crippen molar-refractivity contribution in [3.05, 3.63) is 51.9 Å². The van der Waals surface area contributed by atoms with E-state index in [1.165, 1.54) is 19.3 Å². The van der Waals surface area contributed by atoms with Gasteiger partial charge in [-0.3, -0.25) is 9.59 Å². The second-order valence-corrected chi connectivity index (χ2v) is 8.82. The zero-order chi connectivity index (χ0) is 23.5. The number of rotatable bonds is 6. The van der Waals surface area contributed by atoms with Crippen molar-refractivity contribution in [1.82, 2.24) is 19.9 Å². The van der Waals surface area contributed by atoms with Gasteiger partial charge in [0.15, 0.2) is 0 Å². The Morgan fingerprint density at radius 1 is 1.21 bits per heavy atom. The van der Waals surface area contributed by atoms with E-state index < -0.39 is 0 Å². The van der Waals surface area contributed by atoms with Crippen LogP contribution in [-0.2, 0) is 18.3 Å². The quantitative estimate of drug-likeness (QED) is 0.601. The number of nitrogens with zero attached hydrogens (tertiary/aromatic N) is 4. The van der Waals surface area contributed by atoms with Gasteiger partial charge in [0, 0.05) is 55.6 Å². The van der Waals surface area contributed by atoms with Crippen LogP contribution >= 0.6 is 0 Å². The molecule has 0 saturated carbocycles. The predicted octanol–water partition coefficient (Wildman–Crippen LogP) is 3.30. The first-order valence-electron chi connectivity index (χ1n) is 11.6. The molecule has 1 aliphatic heterocycles. The summed E-state index contributed by atoms with van der Waals surface area (Å²) in [7, 11) is 3.30. The van der Waals surface area contributed by atoms with Crippen molar-refractivity contribution in [2.45, 2.75) is 39.5 Å². The maximum atomic E-state index is 12.6. The van der Waals surface area contributed by atoms with Crippen molar-refractivity contribution in [2.24, 2.45) is 13.0 Å². The molecular weight excluding hydrogens is 416 g/mol. The van der Waals surface area contributed by atoms with Crippen LogP contribution in [0.25, 0.3) is 10.9 Å². The average Bonchev–Trinajstić information content (AvgIpc) is 2.83. The van der Waals surface area contributed by atoms with Crippen molar-refractivity contribution >= 4 is 34.3 Å². The molecule has 1 aromatic carbocycles. The Bertz CT molecular complexity index is 1230. The van der Waals surface area contributed by atoms with Crippen LogP contribution in [0.5, 0.6) is 0 Å². The summed E-state index contributed by atoms with van der Waals surface area (Å²) in [4.78, 5) is 36.1. The SMILES string of the molecule is CCC1CCN(c2ncc(C)c(Nc3ccc4c(c3)cc(CC(=O)NC)c(=O)n4C)n2)CC1. The van der Waals surface area contributed by atoms with Gasteiger partial charge in [-0.05, 0) is 49.9 Å². The van der Waals surface area contributed by atoms with Gasteiger partial charge in [0.2, 0.25) is 11.9 Å². The lowest BCUT2D eigenvalue weighted by Gasteiger charge is -2.31. The predicted molar refractivity (Wildman–Crippen MR) is 132 cm³/mol. The molecule has 8 heteroatoms. The molecule has 174 valence electrons. The molecule has 2 aromatic heterocycles. The molecule has 1 aliphatic rings. The molecule has 33 heavy (non-hydrogen) atoms. The highest BCUT2D eigenvalue weighted by atomic mass is 16.2. The average molecular weight is 449 g/mol. The second-order valence-electron chi connectivity index (χ2n) is 8.82. The van der Waals surface area contributed by atoms with Gasteiger partial charge in [-0.2, -0.15) is 4.98 Å². The molecule has 0 radical (unpaired) electrons. The van der Waals surface area contributed by atoms with Gasteiger partial charge in [-0.15, -0.1) is 0 Å². The summed E-state index contributed by atoms with van der Waals surface area (Å²) < 4.78 is 1.59. The highest BCUT2D eigenvalue weighted by Crippen LogP contribution is 2.27. The smallest absolute Gasteiger partial charge is 0.254 e. The van der Waals surface area contributed by atoms with E-state index in [2.05, 4.69) is 27.4 Å². The van der Waals surface area contributed by atoms with E-state index in [-0.39, 0.29) is 17.9 Å². The standard InChI is InChI=1S/C25H32N6O2/c1-5-17-8-10-31(11-9-17)25-27-15-16(2)23(29-25)28-20-6-7-21-18(13-20)12-19(14-22(32)26-3)24(33)30(21)4/h6-7,12-13,15,17H,5,8-11,14H2,1-4H3,(H,26,32)(H,27,28,29). The molecule has 0 atom stereocenters. The minimum atomic E-state index is -0.187. The van der Waals surface area contributed by atoms with Gasteiger partial charge in [0.1, 0.15) is 5.82 Å². The lowest BCUT2D eigenvalue weighted by atomic mass is 9.95. The van der Waals surface area contributed by atoms with Gasteiger partial charge in [0.25, 0.3) is 5.56 Å². The summed E-state index contributed by atoms with van der Waals surface area (Å²) in [5.41, 5.74) is 2.95. The molecule has 1 amide bonds. The van der Waals surface area contributed by atoms with Crippen LogP contribution in [0.3, 0.4) is 0 Å². The number of fused-ring (bicyclic) bond motifs is 1. The fourth-order valence-corrected chi connectivity index (χ4v) is 4.41. The zero-order valence-electron chi connectivity index (χ0n) is 19.8. The molecule has 8 nitrogen and oxygen atoms in total. The Kier molecular flexibility index (Phi) is 6.62. The van der Waals surface area contributed by atoms with E-state index in [1.54, 1.807) is 24.7 Å². The van der Waals surface area contributed by atoms with Crippen LogP contribution in [0.1, 0.15) is 37.3 Å². The number of nitrogens with one attached hydrogen (secondary N) is 2. The largest absolute Gasteiger partial charge is 0.359 e. The Labute approximate surface area is 194 Å². The van der Waals surface area contributed by atoms with E-state index in [0.717, 1.165) is 52.9 Å². The second kappa shape index (κ2) is 9.60. The summed E-state index contributed by atoms with van der Waals surface area (Å²) in [6, 6.07) is 7.63. The topological polar surface area (TPSA) is 92.2 Å². The van der Waals surface area contributed by atoms with Crippen molar-refractivity contribution in [2.75, 3.05) is 30.4 Å². The number of carbonyl (C=O) groups is 1. The summed E-state index contributed by atoms with van der Waals surface area (Å²) >= 11 is 0. The van der Waals surface area contributed by atoms with Gasteiger partial charge in [-0.25, -0.2) is 4.98 Å². The van der Waals surface area contributed by atoms with Crippen molar-refractivity contribution < 1.29 is 4.79 Å². The number of benzene rings is 1. The summed E-state index contributed by atoms with van der Waals surface area (Å²) in [6.45, 7) is 6.22. The van der Waals surface area contributed by atoms with Crippen molar-refractivity contribution in [3.63, 3.8) is 0 Å². The Morgan fingerprint density at radius 2 is 1.97 bits per heavy atom. The Hall–Kier alpha value is -3.42. The van der Waals surface area contributed by atoms with E-state index in [9.17, 15) is 9.59 Å². The number of carbonyl (C=O) groups excluding carboxylic acids is 1. The molecule has 0 spiro atoms. The highest BCUT2D eigenvalue weighted by molar-refractivity contribution is 5.86. The first-order valence-corrected chi connectivity index (χ1v) is 11.6. The van der Waals surface area contributed by atoms with Crippen LogP contribution < -0.4 is 21.1 Å². The maximum absolute atomic E-state index is 12.6. The number of amides is 1. The molecule has 0 aliphatic carbocycles. The van der Waals surface area contributed by atoms with Gasteiger partial charge >= 0.3 is 0 Å². The summed E-state index contributed by atoms with van der Waals surface area (Å²) in [6.07, 6.45) is 5.51. The number of aryl methyl sites for hydroxylation is 2. The van der Waals surface area contributed by atoms with Crippen LogP contribution in [0.2, 0.25) is 0 Å². The van der Waals surface area contributed by atoms with Gasteiger partial charge in [0.05, 0.1) is 11.9 Å². The third-order valence-corrected chi connectivity index (χ3v) is 6.62. The van der Waals surface area contributed by atoms with Crippen LogP contribution in [0.15, 0.2) is 35.3 Å². The number of likely N-dealkylation sites (N-methyl/N-ethyl adjacent to an activating group) is 1. The number of piperidine rings is 1. The van der Waals surface area contributed by atoms with Crippen molar-refractivity contribution in [3.8, 4) is 0 Å². The number of pyridine rings is 1. The minimum absolute atomic E-state index is 0.0554. The summed E-state index contributed by atoms with van der Waals surface area (Å²) in [5.74, 6) is 2.14. The Balaban J connectivity index is 1.61. The third kappa shape index (κ3) is 4.84. The first-order chi connectivity index (χ1) is 15.9. The number of hydrogen-bond acceptors (Lipinski definition) is 6. The molecule has 1 saturated heterocycles. The van der Waals surface area contributed by atoms with E-state index in [1.807, 2.05) is 31.3 Å². The number of aromatic nitrogens is 3. The number of hydrogen-bond donors (Lipinski definition) is 2. The van der Waals surface area contributed by atoms with E-state index in [0.29, 0.717) is 5.56 Å². The third-order valence-electron chi connectivity index (χ3n) is 6.62. The number of anilines is 3. The minimum Gasteiger partial charge on any atom is -0.359 e. The molecule has 1 fully saturated rings. The van der Waals surface area contributed by atoms with E-state index in [4.69, 9.17) is 4.98 Å². The van der Waals surface area contributed by atoms with E-state index >= 15 is 0 Å². The maximum Gasteiger partial charge on any atom is 0.254 e.